The Hall–Kier alpha value is -0.330. The molecule has 0 aromatic heterocycles. The first-order chi connectivity index (χ1) is 16.3. The lowest BCUT2D eigenvalue weighted by Gasteiger charge is -2.73. The van der Waals surface area contributed by atoms with Gasteiger partial charge in [0.25, 0.3) is 0 Å². The molecule has 5 saturated carbocycles. The second kappa shape index (κ2) is 9.76. The number of carbonyl (C=O) groups is 1. The fraction of sp³-hybridized carbons (Fsp3) is 0.971. The predicted molar refractivity (Wildman–Crippen MR) is 152 cm³/mol. The van der Waals surface area contributed by atoms with Gasteiger partial charge in [-0.05, 0) is 102 Å². The van der Waals surface area contributed by atoms with Gasteiger partial charge in [0.1, 0.15) is 5.78 Å². The number of carbonyl (C=O) groups excluding carboxylic acids is 1. The van der Waals surface area contributed by atoms with Crippen LogP contribution in [0.3, 0.4) is 0 Å². The summed E-state index contributed by atoms with van der Waals surface area (Å²) in [4.78, 5) is 14.7. The van der Waals surface area contributed by atoms with Crippen molar-refractivity contribution in [1.29, 1.82) is 0 Å². The summed E-state index contributed by atoms with van der Waals surface area (Å²) < 4.78 is 0. The maximum absolute atomic E-state index is 14.7. The quantitative estimate of drug-likeness (QED) is 0.386. The Labute approximate surface area is 220 Å². The van der Waals surface area contributed by atoms with Crippen molar-refractivity contribution in [2.75, 3.05) is 0 Å². The van der Waals surface area contributed by atoms with E-state index in [0.717, 1.165) is 53.1 Å². The zero-order valence-electron chi connectivity index (χ0n) is 26.2. The zero-order valence-corrected chi connectivity index (χ0v) is 26.2. The summed E-state index contributed by atoms with van der Waals surface area (Å²) in [6.45, 7) is 32.7. The molecule has 35 heavy (non-hydrogen) atoms. The second-order valence-corrected chi connectivity index (χ2v) is 14.8. The van der Waals surface area contributed by atoms with E-state index >= 15 is 0 Å². The van der Waals surface area contributed by atoms with E-state index in [-0.39, 0.29) is 16.2 Å². The molecular weight excluding hydrogens is 424 g/mol. The maximum atomic E-state index is 14.7. The minimum Gasteiger partial charge on any atom is -0.298 e. The molecule has 1 heteroatoms. The molecule has 0 heterocycles. The Morgan fingerprint density at radius 3 is 1.09 bits per heavy atom. The molecule has 5 fully saturated rings. The molecule has 4 bridgehead atoms. The molecule has 0 aromatic carbocycles. The molecule has 10 unspecified atom stereocenters. The van der Waals surface area contributed by atoms with Crippen molar-refractivity contribution in [2.45, 2.75) is 123 Å². The van der Waals surface area contributed by atoms with Gasteiger partial charge in [-0.15, -0.1) is 0 Å². The third-order valence-electron chi connectivity index (χ3n) is 12.6. The summed E-state index contributed by atoms with van der Waals surface area (Å²) in [7, 11) is 0. The predicted octanol–water partition coefficient (Wildman–Crippen LogP) is 9.79. The van der Waals surface area contributed by atoms with Gasteiger partial charge < -0.3 is 0 Å². The average molecular weight is 487 g/mol. The molecule has 0 saturated heterocycles. The first kappa shape index (κ1) is 29.2. The highest BCUT2D eigenvalue weighted by molar-refractivity contribution is 6.00. The summed E-state index contributed by atoms with van der Waals surface area (Å²) in [5.41, 5.74) is 0.175. The molecule has 1 nitrogen and oxygen atoms in total. The van der Waals surface area contributed by atoms with Gasteiger partial charge in [-0.25, -0.2) is 0 Å². The first-order valence-corrected chi connectivity index (χ1v) is 15.9. The number of hydrogen-bond donors (Lipinski definition) is 0. The Morgan fingerprint density at radius 1 is 0.571 bits per heavy atom. The molecule has 0 radical (unpaired) electrons. The minimum absolute atomic E-state index is 0.00265. The lowest BCUT2D eigenvalue weighted by Crippen LogP contribution is -2.76. The van der Waals surface area contributed by atoms with Crippen LogP contribution in [-0.4, -0.2) is 5.78 Å². The van der Waals surface area contributed by atoms with Gasteiger partial charge in [-0.1, -0.05) is 96.9 Å². The average Bonchev–Trinajstić information content (AvgIpc) is 3.57. The Bertz CT molecular complexity index is 699. The highest BCUT2D eigenvalue weighted by atomic mass is 16.1. The van der Waals surface area contributed by atoms with E-state index in [1.165, 1.54) is 25.7 Å². The van der Waals surface area contributed by atoms with Gasteiger partial charge in [0.2, 0.25) is 0 Å². The summed E-state index contributed by atoms with van der Waals surface area (Å²) >= 11 is 0. The molecule has 10 atom stereocenters. The van der Waals surface area contributed by atoms with Crippen molar-refractivity contribution in [1.82, 2.24) is 0 Å². The van der Waals surface area contributed by atoms with Crippen LogP contribution >= 0.6 is 0 Å². The molecule has 0 aromatic rings. The van der Waals surface area contributed by atoms with Crippen molar-refractivity contribution in [3.63, 3.8) is 0 Å². The smallest absolute Gasteiger partial charge is 0.146 e. The van der Waals surface area contributed by atoms with Crippen LogP contribution in [0, 0.1) is 87.3 Å². The molecule has 5 aliphatic rings. The van der Waals surface area contributed by atoms with E-state index in [1.807, 2.05) is 27.7 Å². The molecule has 5 aliphatic carbocycles. The van der Waals surface area contributed by atoms with Gasteiger partial charge in [-0.2, -0.15) is 0 Å². The fourth-order valence-corrected chi connectivity index (χ4v) is 12.1. The van der Waals surface area contributed by atoms with E-state index in [0.29, 0.717) is 23.7 Å². The van der Waals surface area contributed by atoms with E-state index in [1.54, 1.807) is 0 Å². The molecular formula is C34H62O. The monoisotopic (exact) mass is 486 g/mol. The summed E-state index contributed by atoms with van der Waals surface area (Å²) in [5.74, 6) is 9.75. The molecule has 0 aliphatic heterocycles. The van der Waals surface area contributed by atoms with E-state index in [4.69, 9.17) is 0 Å². The zero-order chi connectivity index (χ0) is 26.8. The summed E-state index contributed by atoms with van der Waals surface area (Å²) in [6.07, 6.45) is 5.11. The number of fused-ring (bicyclic) bond motifs is 6. The number of hydrogen-bond acceptors (Lipinski definition) is 1. The minimum atomic E-state index is -0.00265. The van der Waals surface area contributed by atoms with Crippen LogP contribution in [-0.2, 0) is 4.79 Å². The highest BCUT2D eigenvalue weighted by Crippen LogP contribution is 2.86. The Balaban J connectivity index is 0.000000815. The Kier molecular flexibility index (Phi) is 8.15. The lowest BCUT2D eigenvalue weighted by atomic mass is 9.28. The van der Waals surface area contributed by atoms with Crippen LogP contribution in [0.4, 0.5) is 0 Å². The van der Waals surface area contributed by atoms with Crippen molar-refractivity contribution < 1.29 is 4.79 Å². The first-order valence-electron chi connectivity index (χ1n) is 15.9. The van der Waals surface area contributed by atoms with Gasteiger partial charge in [-0.3, -0.25) is 4.79 Å². The largest absolute Gasteiger partial charge is 0.298 e. The number of rotatable bonds is 4. The van der Waals surface area contributed by atoms with Gasteiger partial charge in [0.05, 0.1) is 0 Å². The molecule has 2 spiro atoms. The Morgan fingerprint density at radius 2 is 0.857 bits per heavy atom. The third-order valence-corrected chi connectivity index (χ3v) is 12.6. The standard InChI is InChI=1S/C30H50O.2C2H6/c1-15(2)23-19-11-21(25(23)17(5)6)29(13-19)27(31)30(28(29,9)10)14-20-12-22(30)26(18(7)8)24(20)16(3)4;2*1-2/h15-26H,11-14H2,1-10H3;2*1-2H3. The molecule has 0 amide bonds. The summed E-state index contributed by atoms with van der Waals surface area (Å²) in [5, 5.41) is 0. The van der Waals surface area contributed by atoms with Crippen molar-refractivity contribution in [3.05, 3.63) is 0 Å². The van der Waals surface area contributed by atoms with Crippen LogP contribution < -0.4 is 0 Å². The van der Waals surface area contributed by atoms with Crippen molar-refractivity contribution >= 4 is 5.78 Å². The lowest BCUT2D eigenvalue weighted by molar-refractivity contribution is -0.240. The number of ketones is 1. The molecule has 0 N–H and O–H groups in total. The van der Waals surface area contributed by atoms with E-state index in [9.17, 15) is 4.79 Å². The van der Waals surface area contributed by atoms with Gasteiger partial charge in [0, 0.05) is 10.8 Å². The third kappa shape index (κ3) is 3.40. The van der Waals surface area contributed by atoms with Gasteiger partial charge in [0.15, 0.2) is 0 Å². The summed E-state index contributed by atoms with van der Waals surface area (Å²) in [6, 6.07) is 0. The van der Waals surface area contributed by atoms with Crippen LogP contribution in [0.5, 0.6) is 0 Å². The molecule has 5 rings (SSSR count). The van der Waals surface area contributed by atoms with Crippen molar-refractivity contribution in [3.8, 4) is 0 Å². The van der Waals surface area contributed by atoms with Gasteiger partial charge >= 0.3 is 0 Å². The maximum Gasteiger partial charge on any atom is 0.146 e. The topological polar surface area (TPSA) is 17.1 Å². The van der Waals surface area contributed by atoms with E-state index < -0.39 is 0 Å². The second-order valence-electron chi connectivity index (χ2n) is 14.8. The van der Waals surface area contributed by atoms with Crippen LogP contribution in [0.15, 0.2) is 0 Å². The number of Topliss-reactive ketones (excluding diaryl/α,β-unsaturated/α-hetero) is 1. The van der Waals surface area contributed by atoms with Crippen LogP contribution in [0.2, 0.25) is 0 Å². The SMILES string of the molecule is CC.CC.CC(C)C1C2CC(C1C(C)C)C1(C2)C(=O)C2(CC3CC2C(C(C)C)C3C(C)C)C1(C)C. The highest BCUT2D eigenvalue weighted by Gasteiger charge is 2.86. The normalized spacial score (nSPS) is 46.5. The van der Waals surface area contributed by atoms with E-state index in [2.05, 4.69) is 69.2 Å². The van der Waals surface area contributed by atoms with Crippen LogP contribution in [0.25, 0.3) is 0 Å². The van der Waals surface area contributed by atoms with Crippen LogP contribution in [0.1, 0.15) is 123 Å². The van der Waals surface area contributed by atoms with Crippen molar-refractivity contribution in [2.24, 2.45) is 87.3 Å². The fourth-order valence-electron chi connectivity index (χ4n) is 12.1. The molecule has 204 valence electrons.